The van der Waals surface area contributed by atoms with E-state index >= 15 is 13.2 Å². The molecule has 0 bridgehead atoms. The van der Waals surface area contributed by atoms with E-state index in [1.54, 1.807) is 67.6 Å². The van der Waals surface area contributed by atoms with Gasteiger partial charge in [0.1, 0.15) is 0 Å². The number of hydrogen-bond donors (Lipinski definition) is 7. The number of aliphatic hydroxyl groups excluding tert-OH is 2. The number of carbonyl (C=O) groups is 4. The van der Waals surface area contributed by atoms with E-state index < -0.39 is 98.5 Å². The summed E-state index contributed by atoms with van der Waals surface area (Å²) in [6.07, 6.45) is -2.44. The normalized spacial score (nSPS) is 15.6. The van der Waals surface area contributed by atoms with E-state index in [-0.39, 0.29) is 28.8 Å². The van der Waals surface area contributed by atoms with Gasteiger partial charge in [-0.1, -0.05) is 94.8 Å². The number of carbonyl (C=O) groups excluding carboxylic acids is 4. The molecule has 306 valence electrons. The second-order valence-corrected chi connectivity index (χ2v) is 16.9. The van der Waals surface area contributed by atoms with Crippen molar-refractivity contribution in [3.63, 3.8) is 0 Å². The number of nitrogens with two attached hydrogens (primary N) is 4. The summed E-state index contributed by atoms with van der Waals surface area (Å²) < 4.78 is 30.2. The smallest absolute Gasteiger partial charge is 0.237 e. The number of benzene rings is 3. The van der Waals surface area contributed by atoms with Gasteiger partial charge in [0.05, 0.1) is 63.4 Å². The third-order valence-electron chi connectivity index (χ3n) is 10.2. The number of pyridine rings is 1. The first kappa shape index (κ1) is 44.8. The molecular weight excluding hydrogens is 749 g/mol. The summed E-state index contributed by atoms with van der Waals surface area (Å²) in [7, 11) is -4.88. The van der Waals surface area contributed by atoms with Gasteiger partial charge in [-0.25, -0.2) is 8.42 Å². The van der Waals surface area contributed by atoms with E-state index in [9.17, 15) is 24.6 Å². The number of fused-ring (bicyclic) bond motifs is 1. The van der Waals surface area contributed by atoms with Crippen molar-refractivity contribution in [2.45, 2.75) is 100 Å². The lowest BCUT2D eigenvalue weighted by atomic mass is 9.82. The molecule has 7 atom stereocenters. The Bertz CT molecular complexity index is 2180. The van der Waals surface area contributed by atoms with Crippen LogP contribution in [0.4, 0.5) is 0 Å². The largest absolute Gasteiger partial charge is 0.390 e. The zero-order chi connectivity index (χ0) is 42.2. The maximum atomic E-state index is 15.1. The van der Waals surface area contributed by atoms with Crippen LogP contribution in [0, 0.1) is 17.8 Å². The van der Waals surface area contributed by atoms with Crippen molar-refractivity contribution in [2.24, 2.45) is 40.7 Å². The van der Waals surface area contributed by atoms with Crippen LogP contribution in [0.3, 0.4) is 0 Å². The lowest BCUT2D eigenvalue weighted by Crippen LogP contribution is -2.49. The molecule has 15 heteroatoms. The van der Waals surface area contributed by atoms with Gasteiger partial charge < -0.3 is 38.5 Å². The van der Waals surface area contributed by atoms with E-state index in [4.69, 9.17) is 22.9 Å². The Balaban J connectivity index is 2.04. The molecule has 0 aliphatic rings. The van der Waals surface area contributed by atoms with Crippen LogP contribution < -0.4 is 28.3 Å². The fourth-order valence-corrected chi connectivity index (χ4v) is 8.43. The average molecular weight is 803 g/mol. The highest BCUT2D eigenvalue weighted by molar-refractivity contribution is 7.91. The molecule has 14 nitrogen and oxygen atoms in total. The molecular formula is C42H54N6O8S. The van der Waals surface area contributed by atoms with Gasteiger partial charge in [0, 0.05) is 18.7 Å². The van der Waals surface area contributed by atoms with Crippen LogP contribution in [0.2, 0.25) is 0 Å². The number of rotatable bonds is 20. The van der Waals surface area contributed by atoms with Crippen LogP contribution in [-0.4, -0.2) is 77.3 Å². The van der Waals surface area contributed by atoms with Gasteiger partial charge in [0.2, 0.25) is 21.7 Å². The minimum Gasteiger partial charge on any atom is -0.390 e. The van der Waals surface area contributed by atoms with Gasteiger partial charge >= 0.3 is 0 Å². The fraction of sp³-hybridized carbons (Fsp3) is 0.405. The Labute approximate surface area is 333 Å². The first-order valence-electron chi connectivity index (χ1n) is 19.0. The molecule has 57 heavy (non-hydrogen) atoms. The minimum absolute atomic E-state index is 0.0268. The van der Waals surface area contributed by atoms with Crippen molar-refractivity contribution in [1.29, 1.82) is 0 Å². The number of primary amides is 1. The molecule has 4 rings (SSSR count). The molecule has 0 spiro atoms. The number of aromatic nitrogens is 1. The quantitative estimate of drug-likeness (QED) is 0.0636. The Morgan fingerprint density at radius 3 is 2.09 bits per heavy atom. The first-order valence-corrected chi connectivity index (χ1v) is 20.4. The van der Waals surface area contributed by atoms with E-state index in [1.807, 2.05) is 20.8 Å². The van der Waals surface area contributed by atoms with Crippen molar-refractivity contribution in [2.75, 3.05) is 0 Å². The van der Waals surface area contributed by atoms with Crippen molar-refractivity contribution < 1.29 is 37.8 Å². The van der Waals surface area contributed by atoms with Crippen LogP contribution in [0.1, 0.15) is 78.9 Å². The SMILES string of the molecule is CC[C@@H](C)[C@H](N)C(=O)NCc1ncc(C(=O)C(Cc2ccccc2)C(O)C(O)[C@@H](N)CC(C)C)c(S(=O)(=O)c2ccc3ccccc3c2)c1C(=O)[C@@H](N)CC(N)=O. The molecule has 11 N–H and O–H groups in total. The predicted octanol–water partition coefficient (Wildman–Crippen LogP) is 2.58. The lowest BCUT2D eigenvalue weighted by molar-refractivity contribution is -0.123. The van der Waals surface area contributed by atoms with Crippen molar-refractivity contribution in [3.05, 3.63) is 101 Å². The molecule has 0 aliphatic carbocycles. The Hall–Kier alpha value is -4.90. The van der Waals surface area contributed by atoms with Crippen molar-refractivity contribution >= 4 is 44.0 Å². The van der Waals surface area contributed by atoms with Crippen LogP contribution in [0.5, 0.6) is 0 Å². The van der Waals surface area contributed by atoms with Gasteiger partial charge in [-0.05, 0) is 53.1 Å². The molecule has 2 amide bonds. The van der Waals surface area contributed by atoms with Gasteiger partial charge in [0.15, 0.2) is 11.6 Å². The molecule has 0 saturated heterocycles. The molecule has 1 heterocycles. The Morgan fingerprint density at radius 1 is 0.842 bits per heavy atom. The maximum absolute atomic E-state index is 15.1. The average Bonchev–Trinajstić information content (AvgIpc) is 3.19. The summed E-state index contributed by atoms with van der Waals surface area (Å²) >= 11 is 0. The third-order valence-corrected chi connectivity index (χ3v) is 12.1. The number of hydrogen-bond acceptors (Lipinski definition) is 12. The van der Waals surface area contributed by atoms with Gasteiger partial charge in [-0.2, -0.15) is 0 Å². The molecule has 0 fully saturated rings. The lowest BCUT2D eigenvalue weighted by Gasteiger charge is -2.31. The van der Waals surface area contributed by atoms with E-state index in [1.165, 1.54) is 12.1 Å². The molecule has 1 aromatic heterocycles. The van der Waals surface area contributed by atoms with Gasteiger partial charge in [0.25, 0.3) is 0 Å². The summed E-state index contributed by atoms with van der Waals surface area (Å²) in [6.45, 7) is 6.88. The summed E-state index contributed by atoms with van der Waals surface area (Å²) in [4.78, 5) is 57.9. The molecule has 3 aromatic carbocycles. The van der Waals surface area contributed by atoms with Crippen LogP contribution >= 0.6 is 0 Å². The first-order chi connectivity index (χ1) is 26.9. The standard InChI is InChI=1S/C42H54N6O8S/c1-5-24(4)36(46)42(54)48-22-33-35(39(52)32(44)20-34(45)49)41(57(55,56)28-16-15-26-13-9-10-14-27(26)19-28)30(21-47-33)37(50)29(18-25-11-7-6-8-12-25)38(51)40(53)31(43)17-23(2)3/h6-16,19,21,23-24,29,31-32,36,38,40,51,53H,5,17-18,20,22,43-44,46H2,1-4H3,(H2,45,49)(H,48,54)/t24-,29?,31+,32+,36+,38?,40?/m1/s1. The number of nitrogens with one attached hydrogen (secondary N) is 1. The summed E-state index contributed by atoms with van der Waals surface area (Å²) in [5, 5.41) is 26.9. The zero-order valence-corrected chi connectivity index (χ0v) is 33.5. The summed E-state index contributed by atoms with van der Waals surface area (Å²) in [5.41, 5.74) is 23.1. The summed E-state index contributed by atoms with van der Waals surface area (Å²) in [6, 6.07) is 16.2. The van der Waals surface area contributed by atoms with Crippen LogP contribution in [0.25, 0.3) is 10.8 Å². The Kier molecular flexibility index (Phi) is 15.3. The molecule has 3 unspecified atom stereocenters. The highest BCUT2D eigenvalue weighted by atomic mass is 32.2. The summed E-state index contributed by atoms with van der Waals surface area (Å²) in [5.74, 6) is -5.34. The second-order valence-electron chi connectivity index (χ2n) is 15.0. The van der Waals surface area contributed by atoms with Crippen molar-refractivity contribution in [3.8, 4) is 0 Å². The van der Waals surface area contributed by atoms with Crippen LogP contribution in [-0.2, 0) is 32.4 Å². The second kappa shape index (κ2) is 19.5. The zero-order valence-electron chi connectivity index (χ0n) is 32.7. The van der Waals surface area contributed by atoms with E-state index in [2.05, 4.69) is 10.3 Å². The van der Waals surface area contributed by atoms with E-state index in [0.29, 0.717) is 29.2 Å². The van der Waals surface area contributed by atoms with Gasteiger partial charge in [-0.15, -0.1) is 0 Å². The van der Waals surface area contributed by atoms with Gasteiger partial charge in [-0.3, -0.25) is 24.2 Å². The molecule has 4 aromatic rings. The Morgan fingerprint density at radius 2 is 1.47 bits per heavy atom. The number of nitrogens with zero attached hydrogens (tertiary/aromatic N) is 1. The minimum atomic E-state index is -4.88. The number of ketones is 2. The fourth-order valence-electron chi connectivity index (χ4n) is 6.73. The number of Topliss-reactive ketones (excluding diaryl/α,β-unsaturated/α-hetero) is 2. The number of amides is 2. The third kappa shape index (κ3) is 10.7. The number of sulfone groups is 1. The van der Waals surface area contributed by atoms with Crippen molar-refractivity contribution in [1.82, 2.24) is 10.3 Å². The maximum Gasteiger partial charge on any atom is 0.237 e. The number of aliphatic hydroxyl groups is 2. The molecule has 0 saturated carbocycles. The van der Waals surface area contributed by atoms with Crippen LogP contribution in [0.15, 0.2) is 88.8 Å². The topological polar surface area (TPSA) is 272 Å². The molecule has 0 radical (unpaired) electrons. The highest BCUT2D eigenvalue weighted by Gasteiger charge is 2.41. The van der Waals surface area contributed by atoms with E-state index in [0.717, 1.165) is 6.20 Å². The predicted molar refractivity (Wildman–Crippen MR) is 216 cm³/mol. The highest BCUT2D eigenvalue weighted by Crippen LogP contribution is 2.35. The monoisotopic (exact) mass is 802 g/mol. The molecule has 0 aliphatic heterocycles.